The smallest absolute Gasteiger partial charge is 0.347 e. The zero-order valence-electron chi connectivity index (χ0n) is 13.8. The minimum Gasteiger partial charge on any atom is -0.457 e. The molecule has 4 nitrogen and oxygen atoms in total. The van der Waals surface area contributed by atoms with Crippen LogP contribution in [0.4, 0.5) is 0 Å². The van der Waals surface area contributed by atoms with Gasteiger partial charge in [0.2, 0.25) is 6.79 Å². The Kier molecular flexibility index (Phi) is 5.32. The number of rotatable bonds is 6. The van der Waals surface area contributed by atoms with E-state index in [0.29, 0.717) is 17.1 Å². The lowest BCUT2D eigenvalue weighted by Gasteiger charge is -2.13. The van der Waals surface area contributed by atoms with Crippen molar-refractivity contribution in [3.63, 3.8) is 0 Å². The lowest BCUT2D eigenvalue weighted by Crippen LogP contribution is -2.13. The first-order chi connectivity index (χ1) is 12.2. The van der Waals surface area contributed by atoms with Crippen molar-refractivity contribution in [3.05, 3.63) is 90.0 Å². The summed E-state index contributed by atoms with van der Waals surface area (Å²) in [6.07, 6.45) is 0. The lowest BCUT2D eigenvalue weighted by atomic mass is 10.2. The minimum atomic E-state index is -0.474. The molecular weight excluding hydrogens is 316 g/mol. The molecule has 0 aliphatic carbocycles. The molecule has 126 valence electrons. The third kappa shape index (κ3) is 4.38. The molecule has 0 saturated heterocycles. The summed E-state index contributed by atoms with van der Waals surface area (Å²) in [5, 5.41) is 0. The van der Waals surface area contributed by atoms with E-state index in [2.05, 4.69) is 0 Å². The van der Waals surface area contributed by atoms with Crippen molar-refractivity contribution in [1.29, 1.82) is 0 Å². The van der Waals surface area contributed by atoms with Gasteiger partial charge in [-0.3, -0.25) is 0 Å². The molecule has 0 saturated carbocycles. The SMILES string of the molecule is Cc1ccccc1OCOc1ccccc1C(=O)Oc1ccccc1. The number of para-hydroxylation sites is 3. The summed E-state index contributed by atoms with van der Waals surface area (Å²) in [7, 11) is 0. The second-order valence-corrected chi connectivity index (χ2v) is 5.37. The molecule has 0 fully saturated rings. The number of hydrogen-bond acceptors (Lipinski definition) is 4. The van der Waals surface area contributed by atoms with Gasteiger partial charge in [0, 0.05) is 0 Å². The molecule has 0 heterocycles. The molecule has 0 bridgehead atoms. The number of hydrogen-bond donors (Lipinski definition) is 0. The molecule has 3 rings (SSSR count). The van der Waals surface area contributed by atoms with Crippen molar-refractivity contribution >= 4 is 5.97 Å². The number of esters is 1. The fourth-order valence-corrected chi connectivity index (χ4v) is 2.29. The van der Waals surface area contributed by atoms with Crippen molar-refractivity contribution in [2.75, 3.05) is 6.79 Å². The Balaban J connectivity index is 1.66. The predicted octanol–water partition coefficient (Wildman–Crippen LogP) is 4.63. The zero-order valence-corrected chi connectivity index (χ0v) is 13.8. The van der Waals surface area contributed by atoms with E-state index in [1.54, 1.807) is 48.5 Å². The lowest BCUT2D eigenvalue weighted by molar-refractivity contribution is 0.0719. The second kappa shape index (κ2) is 8.02. The largest absolute Gasteiger partial charge is 0.457 e. The summed E-state index contributed by atoms with van der Waals surface area (Å²) < 4.78 is 16.6. The normalized spacial score (nSPS) is 10.1. The van der Waals surface area contributed by atoms with Gasteiger partial charge in [0.05, 0.1) is 0 Å². The quantitative estimate of drug-likeness (QED) is 0.374. The van der Waals surface area contributed by atoms with Crippen molar-refractivity contribution in [3.8, 4) is 17.2 Å². The maximum absolute atomic E-state index is 12.4. The molecule has 0 aromatic heterocycles. The molecule has 3 aromatic rings. The fourth-order valence-electron chi connectivity index (χ4n) is 2.29. The van der Waals surface area contributed by atoms with Crippen molar-refractivity contribution in [2.24, 2.45) is 0 Å². The molecule has 0 radical (unpaired) electrons. The Morgan fingerprint density at radius 3 is 2.12 bits per heavy atom. The second-order valence-electron chi connectivity index (χ2n) is 5.37. The Hall–Kier alpha value is -3.27. The topological polar surface area (TPSA) is 44.8 Å². The highest BCUT2D eigenvalue weighted by molar-refractivity contribution is 5.93. The molecule has 0 N–H and O–H groups in total. The van der Waals surface area contributed by atoms with Crippen molar-refractivity contribution in [1.82, 2.24) is 0 Å². The average molecular weight is 334 g/mol. The summed E-state index contributed by atoms with van der Waals surface area (Å²) in [6, 6.07) is 23.5. The van der Waals surface area contributed by atoms with E-state index in [0.717, 1.165) is 11.3 Å². The molecule has 0 unspecified atom stereocenters. The van der Waals surface area contributed by atoms with Gasteiger partial charge in [0.25, 0.3) is 0 Å². The van der Waals surface area contributed by atoms with Crippen LogP contribution in [0.3, 0.4) is 0 Å². The van der Waals surface area contributed by atoms with Gasteiger partial charge in [-0.05, 0) is 42.8 Å². The fraction of sp³-hybridized carbons (Fsp3) is 0.0952. The standard InChI is InChI=1S/C21H18O4/c1-16-9-5-7-13-19(16)23-15-24-20-14-8-6-12-18(20)21(22)25-17-10-3-2-4-11-17/h2-14H,15H2,1H3. The van der Waals surface area contributed by atoms with Crippen LogP contribution in [0, 0.1) is 6.92 Å². The van der Waals surface area contributed by atoms with Gasteiger partial charge >= 0.3 is 5.97 Å². The van der Waals surface area contributed by atoms with Gasteiger partial charge in [0.1, 0.15) is 22.8 Å². The molecule has 0 amide bonds. The van der Waals surface area contributed by atoms with Crippen LogP contribution in [0.1, 0.15) is 15.9 Å². The summed E-state index contributed by atoms with van der Waals surface area (Å²) in [5.74, 6) is 1.17. The van der Waals surface area contributed by atoms with Gasteiger partial charge in [0.15, 0.2) is 0 Å². The number of aryl methyl sites for hydroxylation is 1. The predicted molar refractivity (Wildman–Crippen MR) is 95.1 cm³/mol. The van der Waals surface area contributed by atoms with Crippen molar-refractivity contribution in [2.45, 2.75) is 6.92 Å². The molecule has 25 heavy (non-hydrogen) atoms. The highest BCUT2D eigenvalue weighted by atomic mass is 16.7. The zero-order chi connectivity index (χ0) is 17.5. The Labute approximate surface area is 146 Å². The van der Waals surface area contributed by atoms with Gasteiger partial charge in [-0.25, -0.2) is 4.79 Å². The van der Waals surface area contributed by atoms with Crippen LogP contribution in [0.5, 0.6) is 17.2 Å². The minimum absolute atomic E-state index is 0.000480. The van der Waals surface area contributed by atoms with Gasteiger partial charge < -0.3 is 14.2 Å². The van der Waals surface area contributed by atoms with E-state index in [4.69, 9.17) is 14.2 Å². The van der Waals surface area contributed by atoms with E-state index in [9.17, 15) is 4.79 Å². The third-order valence-corrected chi connectivity index (χ3v) is 3.58. The summed E-state index contributed by atoms with van der Waals surface area (Å²) >= 11 is 0. The van der Waals surface area contributed by atoms with Gasteiger partial charge in [-0.2, -0.15) is 0 Å². The molecule has 0 aliphatic rings. The highest BCUT2D eigenvalue weighted by Crippen LogP contribution is 2.22. The summed E-state index contributed by atoms with van der Waals surface area (Å²) in [6.45, 7) is 1.96. The Bertz CT molecular complexity index is 843. The number of benzene rings is 3. The highest BCUT2D eigenvalue weighted by Gasteiger charge is 2.14. The number of ether oxygens (including phenoxy) is 3. The molecule has 0 spiro atoms. The summed E-state index contributed by atoms with van der Waals surface area (Å²) in [4.78, 5) is 12.4. The van der Waals surface area contributed by atoms with Crippen LogP contribution in [0.15, 0.2) is 78.9 Å². The first kappa shape index (κ1) is 16.6. The van der Waals surface area contributed by atoms with Crippen LogP contribution in [-0.2, 0) is 0 Å². The van der Waals surface area contributed by atoms with Crippen LogP contribution in [0.25, 0.3) is 0 Å². The first-order valence-electron chi connectivity index (χ1n) is 7.91. The maximum atomic E-state index is 12.4. The van der Waals surface area contributed by atoms with Crippen LogP contribution < -0.4 is 14.2 Å². The molecule has 0 atom stereocenters. The monoisotopic (exact) mass is 334 g/mol. The molecule has 4 heteroatoms. The van der Waals surface area contributed by atoms with Crippen LogP contribution in [-0.4, -0.2) is 12.8 Å². The van der Waals surface area contributed by atoms with E-state index >= 15 is 0 Å². The first-order valence-corrected chi connectivity index (χ1v) is 7.91. The summed E-state index contributed by atoms with van der Waals surface area (Å²) in [5.41, 5.74) is 1.36. The van der Waals surface area contributed by atoms with E-state index in [-0.39, 0.29) is 6.79 Å². The van der Waals surface area contributed by atoms with E-state index in [1.807, 2.05) is 37.3 Å². The molecule has 3 aromatic carbocycles. The van der Waals surface area contributed by atoms with Crippen molar-refractivity contribution < 1.29 is 19.0 Å². The van der Waals surface area contributed by atoms with Crippen LogP contribution in [0.2, 0.25) is 0 Å². The number of carbonyl (C=O) groups is 1. The van der Waals surface area contributed by atoms with E-state index < -0.39 is 5.97 Å². The molecule has 0 aliphatic heterocycles. The van der Waals surface area contributed by atoms with E-state index in [1.165, 1.54) is 0 Å². The molecular formula is C21H18O4. The average Bonchev–Trinajstić information content (AvgIpc) is 2.64. The van der Waals surface area contributed by atoms with Gasteiger partial charge in [-0.15, -0.1) is 0 Å². The van der Waals surface area contributed by atoms with Gasteiger partial charge in [-0.1, -0.05) is 48.5 Å². The maximum Gasteiger partial charge on any atom is 0.347 e. The third-order valence-electron chi connectivity index (χ3n) is 3.58. The Morgan fingerprint density at radius 1 is 0.760 bits per heavy atom. The van der Waals surface area contributed by atoms with Crippen LogP contribution >= 0.6 is 0 Å². The number of carbonyl (C=O) groups excluding carboxylic acids is 1. The Morgan fingerprint density at radius 2 is 1.36 bits per heavy atom.